The van der Waals surface area contributed by atoms with Crippen LogP contribution in [-0.4, -0.2) is 56.1 Å². The molecule has 104 valence electrons. The summed E-state index contributed by atoms with van der Waals surface area (Å²) in [6, 6.07) is 1.44. The number of hydrogen-bond acceptors (Lipinski definition) is 4. The lowest BCUT2D eigenvalue weighted by molar-refractivity contribution is -0.184. The maximum atomic E-state index is 5.80. The average molecular weight is 254 g/mol. The Hall–Kier alpha value is -0.160. The highest BCUT2D eigenvalue weighted by molar-refractivity contribution is 4.89. The Kier molecular flexibility index (Phi) is 3.89. The van der Waals surface area contributed by atoms with Gasteiger partial charge in [0.05, 0.1) is 13.2 Å². The van der Waals surface area contributed by atoms with Gasteiger partial charge in [0.15, 0.2) is 5.79 Å². The highest BCUT2D eigenvalue weighted by Gasteiger charge is 2.41. The standard InChI is InChI=1S/C14H26N2O2/c1-16(13-3-2-8-15-11-13)12-4-6-14(7-5-12)17-9-10-18-14/h12-13,15H,2-11H2,1H3. The molecule has 0 aromatic carbocycles. The first kappa shape index (κ1) is 12.9. The molecule has 1 N–H and O–H groups in total. The maximum absolute atomic E-state index is 5.80. The van der Waals surface area contributed by atoms with Gasteiger partial charge in [0.1, 0.15) is 0 Å². The molecule has 2 heterocycles. The minimum absolute atomic E-state index is 0.206. The Morgan fingerprint density at radius 3 is 2.39 bits per heavy atom. The molecule has 1 aliphatic carbocycles. The van der Waals surface area contributed by atoms with Crippen LogP contribution in [-0.2, 0) is 9.47 Å². The van der Waals surface area contributed by atoms with Gasteiger partial charge >= 0.3 is 0 Å². The van der Waals surface area contributed by atoms with Crippen LogP contribution >= 0.6 is 0 Å². The van der Waals surface area contributed by atoms with Crippen LogP contribution in [0.4, 0.5) is 0 Å². The van der Waals surface area contributed by atoms with E-state index < -0.39 is 0 Å². The zero-order valence-electron chi connectivity index (χ0n) is 11.5. The topological polar surface area (TPSA) is 33.7 Å². The van der Waals surface area contributed by atoms with Crippen molar-refractivity contribution in [1.82, 2.24) is 10.2 Å². The molecule has 3 fully saturated rings. The average Bonchev–Trinajstić information content (AvgIpc) is 2.88. The van der Waals surface area contributed by atoms with E-state index in [4.69, 9.17) is 9.47 Å². The van der Waals surface area contributed by atoms with Crippen molar-refractivity contribution in [3.05, 3.63) is 0 Å². The van der Waals surface area contributed by atoms with Crippen molar-refractivity contribution in [3.63, 3.8) is 0 Å². The molecule has 0 aromatic rings. The van der Waals surface area contributed by atoms with E-state index in [1.54, 1.807) is 0 Å². The predicted molar refractivity (Wildman–Crippen MR) is 70.5 cm³/mol. The smallest absolute Gasteiger partial charge is 0.168 e. The van der Waals surface area contributed by atoms with E-state index in [0.717, 1.165) is 38.6 Å². The summed E-state index contributed by atoms with van der Waals surface area (Å²) >= 11 is 0. The summed E-state index contributed by atoms with van der Waals surface area (Å²) in [4.78, 5) is 2.61. The highest BCUT2D eigenvalue weighted by Crippen LogP contribution is 2.37. The maximum Gasteiger partial charge on any atom is 0.168 e. The predicted octanol–water partition coefficient (Wildman–Crippen LogP) is 1.36. The van der Waals surface area contributed by atoms with Gasteiger partial charge in [0, 0.05) is 31.5 Å². The van der Waals surface area contributed by atoms with Gasteiger partial charge in [-0.25, -0.2) is 0 Å². The minimum atomic E-state index is -0.206. The Bertz CT molecular complexity index is 263. The Labute approximate surface area is 110 Å². The molecule has 3 aliphatic rings. The van der Waals surface area contributed by atoms with Gasteiger partial charge in [-0.1, -0.05) is 0 Å². The molecule has 18 heavy (non-hydrogen) atoms. The fourth-order valence-corrected chi connectivity index (χ4v) is 3.71. The molecule has 2 aliphatic heterocycles. The molecule has 0 amide bonds. The van der Waals surface area contributed by atoms with Crippen LogP contribution in [0, 0.1) is 0 Å². The van der Waals surface area contributed by atoms with E-state index in [1.165, 1.54) is 32.2 Å². The summed E-state index contributed by atoms with van der Waals surface area (Å²) in [7, 11) is 2.30. The second kappa shape index (κ2) is 5.45. The van der Waals surface area contributed by atoms with E-state index in [0.29, 0.717) is 6.04 Å². The zero-order chi connectivity index (χ0) is 12.4. The Morgan fingerprint density at radius 2 is 1.78 bits per heavy atom. The second-order valence-corrected chi connectivity index (χ2v) is 6.00. The van der Waals surface area contributed by atoms with Crippen LogP contribution in [0.25, 0.3) is 0 Å². The van der Waals surface area contributed by atoms with Crippen LogP contribution < -0.4 is 5.32 Å². The van der Waals surface area contributed by atoms with Crippen LogP contribution in [0.2, 0.25) is 0 Å². The molecule has 1 saturated carbocycles. The normalized spacial score (nSPS) is 33.3. The van der Waals surface area contributed by atoms with Crippen molar-refractivity contribution in [3.8, 4) is 0 Å². The zero-order valence-corrected chi connectivity index (χ0v) is 11.5. The van der Waals surface area contributed by atoms with Crippen LogP contribution in [0.15, 0.2) is 0 Å². The second-order valence-electron chi connectivity index (χ2n) is 6.00. The van der Waals surface area contributed by atoms with E-state index in [9.17, 15) is 0 Å². The molecule has 4 heteroatoms. The van der Waals surface area contributed by atoms with Crippen molar-refractivity contribution >= 4 is 0 Å². The van der Waals surface area contributed by atoms with E-state index >= 15 is 0 Å². The fourth-order valence-electron chi connectivity index (χ4n) is 3.71. The molecule has 0 radical (unpaired) electrons. The third-order valence-corrected chi connectivity index (χ3v) is 4.95. The summed E-state index contributed by atoms with van der Waals surface area (Å²) in [5, 5.41) is 3.51. The molecular weight excluding hydrogens is 228 g/mol. The summed E-state index contributed by atoms with van der Waals surface area (Å²) in [5.74, 6) is -0.206. The molecule has 2 saturated heterocycles. The van der Waals surface area contributed by atoms with Crippen LogP contribution in [0.5, 0.6) is 0 Å². The van der Waals surface area contributed by atoms with Crippen molar-refractivity contribution in [2.24, 2.45) is 0 Å². The summed E-state index contributed by atoms with van der Waals surface area (Å²) in [6.07, 6.45) is 7.24. The monoisotopic (exact) mass is 254 g/mol. The Morgan fingerprint density at radius 1 is 1.06 bits per heavy atom. The molecular formula is C14H26N2O2. The molecule has 4 nitrogen and oxygen atoms in total. The van der Waals surface area contributed by atoms with Crippen molar-refractivity contribution in [2.45, 2.75) is 56.4 Å². The van der Waals surface area contributed by atoms with E-state index in [2.05, 4.69) is 17.3 Å². The number of ether oxygens (including phenoxy) is 2. The number of hydrogen-bond donors (Lipinski definition) is 1. The third-order valence-electron chi connectivity index (χ3n) is 4.95. The van der Waals surface area contributed by atoms with Gasteiger partial charge in [0.25, 0.3) is 0 Å². The molecule has 3 rings (SSSR count). The third kappa shape index (κ3) is 2.57. The lowest BCUT2D eigenvalue weighted by Crippen LogP contribution is -2.51. The van der Waals surface area contributed by atoms with Crippen molar-refractivity contribution < 1.29 is 9.47 Å². The van der Waals surface area contributed by atoms with Gasteiger partial charge in [-0.3, -0.25) is 4.90 Å². The number of likely N-dealkylation sites (N-methyl/N-ethyl adjacent to an activating group) is 1. The van der Waals surface area contributed by atoms with Gasteiger partial charge in [0.2, 0.25) is 0 Å². The summed E-state index contributed by atoms with van der Waals surface area (Å²) < 4.78 is 11.6. The van der Waals surface area contributed by atoms with Gasteiger partial charge in [-0.15, -0.1) is 0 Å². The fraction of sp³-hybridized carbons (Fsp3) is 1.00. The van der Waals surface area contributed by atoms with Gasteiger partial charge in [-0.05, 0) is 39.3 Å². The van der Waals surface area contributed by atoms with Crippen LogP contribution in [0.3, 0.4) is 0 Å². The van der Waals surface area contributed by atoms with E-state index in [1.807, 2.05) is 0 Å². The summed E-state index contributed by atoms with van der Waals surface area (Å²) in [6.45, 7) is 3.92. The lowest BCUT2D eigenvalue weighted by atomic mass is 9.88. The van der Waals surface area contributed by atoms with Crippen molar-refractivity contribution in [1.29, 1.82) is 0 Å². The van der Waals surface area contributed by atoms with Crippen LogP contribution in [0.1, 0.15) is 38.5 Å². The quantitative estimate of drug-likeness (QED) is 0.806. The first-order valence-electron chi connectivity index (χ1n) is 7.50. The van der Waals surface area contributed by atoms with E-state index in [-0.39, 0.29) is 5.79 Å². The SMILES string of the molecule is CN(C1CCC2(CC1)OCCO2)C1CCCNC1. The first-order chi connectivity index (χ1) is 8.79. The molecule has 1 unspecified atom stereocenters. The molecule has 0 bridgehead atoms. The number of rotatable bonds is 2. The number of nitrogens with zero attached hydrogens (tertiary/aromatic N) is 1. The first-order valence-corrected chi connectivity index (χ1v) is 7.50. The van der Waals surface area contributed by atoms with Gasteiger partial charge < -0.3 is 14.8 Å². The lowest BCUT2D eigenvalue weighted by Gasteiger charge is -2.43. The molecule has 1 spiro atoms. The van der Waals surface area contributed by atoms with Crippen molar-refractivity contribution in [2.75, 3.05) is 33.4 Å². The molecule has 1 atom stereocenters. The summed E-state index contributed by atoms with van der Waals surface area (Å²) in [5.41, 5.74) is 0. The van der Waals surface area contributed by atoms with Gasteiger partial charge in [-0.2, -0.15) is 0 Å². The Balaban J connectivity index is 1.52. The minimum Gasteiger partial charge on any atom is -0.348 e. The molecule has 0 aromatic heterocycles. The number of piperidine rings is 1. The number of nitrogens with one attached hydrogen (secondary N) is 1. The largest absolute Gasteiger partial charge is 0.348 e. The highest BCUT2D eigenvalue weighted by atomic mass is 16.7.